The van der Waals surface area contributed by atoms with Gasteiger partial charge in [0, 0.05) is 17.6 Å². The molecular formula is C28H30BrCl2N3O4S. The first-order chi connectivity index (χ1) is 18.5. The highest BCUT2D eigenvalue weighted by molar-refractivity contribution is 9.10. The lowest BCUT2D eigenvalue weighted by molar-refractivity contribution is -0.140. The molecule has 0 bridgehead atoms. The minimum Gasteiger partial charge on any atom is -0.355 e. The Morgan fingerprint density at radius 1 is 0.974 bits per heavy atom. The van der Waals surface area contributed by atoms with Crippen molar-refractivity contribution in [2.24, 2.45) is 0 Å². The molecule has 0 unspecified atom stereocenters. The summed E-state index contributed by atoms with van der Waals surface area (Å²) in [5.74, 6) is -0.876. The van der Waals surface area contributed by atoms with Crippen LogP contribution >= 0.6 is 39.1 Å². The fourth-order valence-electron chi connectivity index (χ4n) is 4.04. The lowest BCUT2D eigenvalue weighted by Gasteiger charge is -2.33. The van der Waals surface area contributed by atoms with Crippen LogP contribution in [0.1, 0.15) is 31.4 Å². The predicted octanol–water partition coefficient (Wildman–Crippen LogP) is 6.20. The second-order valence-electron chi connectivity index (χ2n) is 8.89. The average molecular weight is 655 g/mol. The number of nitrogens with one attached hydrogen (secondary N) is 1. The first-order valence-electron chi connectivity index (χ1n) is 12.3. The van der Waals surface area contributed by atoms with Crippen LogP contribution in [0.25, 0.3) is 0 Å². The van der Waals surface area contributed by atoms with E-state index in [1.165, 1.54) is 17.0 Å². The van der Waals surface area contributed by atoms with Crippen molar-refractivity contribution in [2.45, 2.75) is 44.7 Å². The van der Waals surface area contributed by atoms with Gasteiger partial charge in [0.25, 0.3) is 10.0 Å². The van der Waals surface area contributed by atoms with Gasteiger partial charge in [0.2, 0.25) is 11.8 Å². The molecule has 3 aromatic rings. The van der Waals surface area contributed by atoms with Crippen molar-refractivity contribution in [1.82, 2.24) is 10.2 Å². The molecule has 0 saturated carbocycles. The predicted molar refractivity (Wildman–Crippen MR) is 160 cm³/mol. The Bertz CT molecular complexity index is 1430. The molecule has 7 nitrogen and oxygen atoms in total. The highest BCUT2D eigenvalue weighted by Crippen LogP contribution is 2.28. The van der Waals surface area contributed by atoms with E-state index in [-0.39, 0.29) is 17.3 Å². The highest BCUT2D eigenvalue weighted by atomic mass is 79.9. The molecule has 0 aromatic heterocycles. The van der Waals surface area contributed by atoms with Crippen molar-refractivity contribution in [3.63, 3.8) is 0 Å². The van der Waals surface area contributed by atoms with E-state index in [9.17, 15) is 18.0 Å². The number of halogens is 3. The van der Waals surface area contributed by atoms with Gasteiger partial charge in [-0.3, -0.25) is 13.9 Å². The maximum absolute atomic E-state index is 14.0. The molecule has 2 amide bonds. The molecule has 0 saturated heterocycles. The highest BCUT2D eigenvalue weighted by Gasteiger charge is 2.33. The zero-order chi connectivity index (χ0) is 28.7. The molecule has 3 rings (SSSR count). The van der Waals surface area contributed by atoms with Crippen LogP contribution in [0, 0.1) is 6.92 Å². The largest absolute Gasteiger partial charge is 0.355 e. The number of carbonyl (C=O) groups excluding carboxylic acids is 2. The number of likely N-dealkylation sites (N-methyl/N-ethyl adjacent to an activating group) is 1. The van der Waals surface area contributed by atoms with Gasteiger partial charge >= 0.3 is 0 Å². The van der Waals surface area contributed by atoms with Crippen LogP contribution in [0.3, 0.4) is 0 Å². The molecule has 1 atom stereocenters. The average Bonchev–Trinajstić information content (AvgIpc) is 2.89. The first kappa shape index (κ1) is 30.9. The Kier molecular flexibility index (Phi) is 10.8. The fraction of sp³-hybridized carbons (Fsp3) is 0.286. The van der Waals surface area contributed by atoms with E-state index in [2.05, 4.69) is 21.2 Å². The summed E-state index contributed by atoms with van der Waals surface area (Å²) in [6, 6.07) is 17.3. The number of benzene rings is 3. The topological polar surface area (TPSA) is 86.8 Å². The van der Waals surface area contributed by atoms with Crippen LogP contribution in [0.15, 0.2) is 76.1 Å². The van der Waals surface area contributed by atoms with Crippen LogP contribution in [0.4, 0.5) is 5.69 Å². The summed E-state index contributed by atoms with van der Waals surface area (Å²) in [6.07, 6.45) is 0.320. The Labute approximate surface area is 248 Å². The van der Waals surface area contributed by atoms with Gasteiger partial charge in [-0.25, -0.2) is 8.42 Å². The molecule has 39 heavy (non-hydrogen) atoms. The minimum atomic E-state index is -4.14. The number of hydrogen-bond acceptors (Lipinski definition) is 4. The summed E-state index contributed by atoms with van der Waals surface area (Å²) in [6.45, 7) is 5.34. The number of hydrogen-bond donors (Lipinski definition) is 1. The summed E-state index contributed by atoms with van der Waals surface area (Å²) < 4.78 is 29.4. The Morgan fingerprint density at radius 2 is 1.67 bits per heavy atom. The lowest BCUT2D eigenvalue weighted by atomic mass is 10.1. The maximum atomic E-state index is 14.0. The third-order valence-electron chi connectivity index (χ3n) is 6.06. The number of anilines is 1. The van der Waals surface area contributed by atoms with Gasteiger partial charge in [-0.2, -0.15) is 0 Å². The third kappa shape index (κ3) is 7.75. The van der Waals surface area contributed by atoms with E-state index in [1.807, 2.05) is 6.92 Å². The van der Waals surface area contributed by atoms with E-state index < -0.39 is 28.5 Å². The molecule has 0 aliphatic carbocycles. The van der Waals surface area contributed by atoms with Gasteiger partial charge in [-0.05, 0) is 68.3 Å². The molecule has 1 N–H and O–H groups in total. The number of sulfonamides is 1. The van der Waals surface area contributed by atoms with Crippen LogP contribution in [-0.2, 0) is 26.2 Å². The molecule has 0 heterocycles. The second-order valence-corrected chi connectivity index (χ2v) is 12.5. The third-order valence-corrected chi connectivity index (χ3v) is 9.08. The van der Waals surface area contributed by atoms with Crippen molar-refractivity contribution in [1.29, 1.82) is 0 Å². The number of aryl methyl sites for hydroxylation is 1. The van der Waals surface area contributed by atoms with Gasteiger partial charge in [0.1, 0.15) is 12.6 Å². The summed E-state index contributed by atoms with van der Waals surface area (Å²) in [4.78, 5) is 28.4. The Hall–Kier alpha value is -2.59. The van der Waals surface area contributed by atoms with Gasteiger partial charge in [-0.1, -0.05) is 75.9 Å². The van der Waals surface area contributed by atoms with Crippen LogP contribution in [0.2, 0.25) is 10.0 Å². The van der Waals surface area contributed by atoms with Crippen LogP contribution in [-0.4, -0.2) is 44.3 Å². The van der Waals surface area contributed by atoms with E-state index in [0.29, 0.717) is 38.7 Å². The Balaban J connectivity index is 2.07. The van der Waals surface area contributed by atoms with Gasteiger partial charge in [0.15, 0.2) is 0 Å². The van der Waals surface area contributed by atoms with E-state index in [4.69, 9.17) is 23.2 Å². The SMILES string of the molecule is CCNC(=O)[C@H](CC)N(Cc1ccc(Cl)c(Cl)c1)C(=O)CN(c1cccc(Br)c1)S(=O)(=O)c1ccc(C)cc1. The molecule has 11 heteroatoms. The standard InChI is InChI=1S/C28H30BrCl2N3O4S/c1-4-26(28(36)32-5-2)33(17-20-11-14-24(30)25(31)15-20)27(35)18-34(22-8-6-7-21(29)16-22)39(37,38)23-12-9-19(3)10-13-23/h6-16,26H,4-5,17-18H2,1-3H3,(H,32,36)/t26-/m0/s1. The lowest BCUT2D eigenvalue weighted by Crippen LogP contribution is -2.52. The summed E-state index contributed by atoms with van der Waals surface area (Å²) in [5, 5.41) is 3.44. The minimum absolute atomic E-state index is 0.0300. The monoisotopic (exact) mass is 653 g/mol. The van der Waals surface area contributed by atoms with Crippen LogP contribution in [0.5, 0.6) is 0 Å². The van der Waals surface area contributed by atoms with Crippen molar-refractivity contribution in [2.75, 3.05) is 17.4 Å². The van der Waals surface area contributed by atoms with Gasteiger partial charge in [0.05, 0.1) is 20.6 Å². The Morgan fingerprint density at radius 3 is 2.26 bits per heavy atom. The van der Waals surface area contributed by atoms with E-state index >= 15 is 0 Å². The normalized spacial score (nSPS) is 12.1. The van der Waals surface area contributed by atoms with Gasteiger partial charge in [-0.15, -0.1) is 0 Å². The molecule has 0 aliphatic heterocycles. The second kappa shape index (κ2) is 13.7. The number of carbonyl (C=O) groups is 2. The molecule has 0 spiro atoms. The smallest absolute Gasteiger partial charge is 0.264 e. The van der Waals surface area contributed by atoms with E-state index in [0.717, 1.165) is 9.87 Å². The summed E-state index contributed by atoms with van der Waals surface area (Å²) in [5.41, 5.74) is 1.86. The zero-order valence-electron chi connectivity index (χ0n) is 21.8. The molecule has 0 aliphatic rings. The molecule has 0 radical (unpaired) electrons. The summed E-state index contributed by atoms with van der Waals surface area (Å²) in [7, 11) is -4.14. The van der Waals surface area contributed by atoms with Gasteiger partial charge < -0.3 is 10.2 Å². The first-order valence-corrected chi connectivity index (χ1v) is 15.3. The molecule has 0 fully saturated rings. The maximum Gasteiger partial charge on any atom is 0.264 e. The number of nitrogens with zero attached hydrogens (tertiary/aromatic N) is 2. The van der Waals surface area contributed by atoms with Crippen molar-refractivity contribution in [3.8, 4) is 0 Å². The molecule has 208 valence electrons. The molecular weight excluding hydrogens is 625 g/mol. The van der Waals surface area contributed by atoms with Crippen molar-refractivity contribution >= 4 is 66.7 Å². The number of rotatable bonds is 11. The molecule has 3 aromatic carbocycles. The summed E-state index contributed by atoms with van der Waals surface area (Å²) >= 11 is 15.7. The van der Waals surface area contributed by atoms with Crippen LogP contribution < -0.4 is 9.62 Å². The fourth-order valence-corrected chi connectivity index (χ4v) is 6.16. The van der Waals surface area contributed by atoms with Crippen molar-refractivity contribution < 1.29 is 18.0 Å². The van der Waals surface area contributed by atoms with E-state index in [1.54, 1.807) is 68.4 Å². The zero-order valence-corrected chi connectivity index (χ0v) is 25.7. The number of amides is 2. The van der Waals surface area contributed by atoms with Crippen molar-refractivity contribution in [3.05, 3.63) is 92.4 Å². The quantitative estimate of drug-likeness (QED) is 0.267.